The molecule has 1 amide bonds. The highest BCUT2D eigenvalue weighted by atomic mass is 32.2. The van der Waals surface area contributed by atoms with Gasteiger partial charge in [0.25, 0.3) is 0 Å². The van der Waals surface area contributed by atoms with Gasteiger partial charge in [-0.05, 0) is 51.7 Å². The number of aryl methyl sites for hydroxylation is 1. The molecule has 0 aliphatic heterocycles. The summed E-state index contributed by atoms with van der Waals surface area (Å²) in [4.78, 5) is 26.7. The lowest BCUT2D eigenvalue weighted by atomic mass is 10.1. The summed E-state index contributed by atoms with van der Waals surface area (Å²) in [6.07, 6.45) is 2.82. The summed E-state index contributed by atoms with van der Waals surface area (Å²) in [5.41, 5.74) is 2.61. The van der Waals surface area contributed by atoms with Crippen molar-refractivity contribution in [2.45, 2.75) is 51.2 Å². The van der Waals surface area contributed by atoms with Gasteiger partial charge in [-0.3, -0.25) is 9.36 Å². The number of thiophene rings is 2. The molecule has 7 nitrogen and oxygen atoms in total. The average Bonchev–Trinajstić information content (AvgIpc) is 3.59. The average molecular weight is 527 g/mol. The number of carbonyl (C=O) groups excluding carboxylic acids is 2. The van der Waals surface area contributed by atoms with Gasteiger partial charge in [0.15, 0.2) is 11.0 Å². The van der Waals surface area contributed by atoms with Crippen molar-refractivity contribution >= 4 is 61.4 Å². The highest BCUT2D eigenvalue weighted by Crippen LogP contribution is 2.40. The van der Waals surface area contributed by atoms with Gasteiger partial charge in [-0.1, -0.05) is 30.0 Å². The third-order valence-corrected chi connectivity index (χ3v) is 9.00. The Kier molecular flexibility index (Phi) is 6.95. The van der Waals surface area contributed by atoms with Crippen LogP contribution >= 0.6 is 34.4 Å². The number of thioether (sulfide) groups is 1. The first-order chi connectivity index (χ1) is 17.0. The number of nitrogens with one attached hydrogen (secondary N) is 1. The first-order valence-corrected chi connectivity index (χ1v) is 14.3. The molecule has 0 radical (unpaired) electrons. The molecule has 182 valence electrons. The number of aromatic nitrogens is 3. The number of amides is 1. The summed E-state index contributed by atoms with van der Waals surface area (Å²) in [5.74, 6) is 0.433. The van der Waals surface area contributed by atoms with Gasteiger partial charge in [0, 0.05) is 31.9 Å². The summed E-state index contributed by atoms with van der Waals surface area (Å²) in [6.45, 7) is 6.27. The Bertz CT molecular complexity index is 1400. The third kappa shape index (κ3) is 4.62. The van der Waals surface area contributed by atoms with Gasteiger partial charge in [0.1, 0.15) is 5.00 Å². The van der Waals surface area contributed by atoms with Gasteiger partial charge in [0.05, 0.1) is 17.9 Å². The van der Waals surface area contributed by atoms with E-state index in [1.165, 1.54) is 32.7 Å². The minimum Gasteiger partial charge on any atom is -0.462 e. The summed E-state index contributed by atoms with van der Waals surface area (Å²) >= 11 is 4.53. The van der Waals surface area contributed by atoms with Crippen molar-refractivity contribution in [2.24, 2.45) is 0 Å². The molecular formula is C25H26N4O3S3. The van der Waals surface area contributed by atoms with Gasteiger partial charge in [-0.15, -0.1) is 32.9 Å². The molecule has 1 N–H and O–H groups in total. The summed E-state index contributed by atoms with van der Waals surface area (Å²) in [6, 6.07) is 8.38. The van der Waals surface area contributed by atoms with E-state index in [0.717, 1.165) is 41.6 Å². The largest absolute Gasteiger partial charge is 0.462 e. The van der Waals surface area contributed by atoms with Crippen molar-refractivity contribution in [3.05, 3.63) is 45.6 Å². The van der Waals surface area contributed by atoms with E-state index in [1.54, 1.807) is 18.3 Å². The molecule has 5 rings (SSSR count). The normalized spacial score (nSPS) is 12.9. The number of esters is 1. The van der Waals surface area contributed by atoms with Crippen LogP contribution in [0.1, 0.15) is 54.0 Å². The molecule has 0 saturated heterocycles. The van der Waals surface area contributed by atoms with Crippen LogP contribution in [0.3, 0.4) is 0 Å². The minimum absolute atomic E-state index is 0.125. The molecule has 3 aromatic heterocycles. The van der Waals surface area contributed by atoms with E-state index >= 15 is 0 Å². The number of rotatable bonds is 8. The fourth-order valence-electron chi connectivity index (χ4n) is 4.38. The predicted molar refractivity (Wildman–Crippen MR) is 143 cm³/mol. The van der Waals surface area contributed by atoms with E-state index in [0.29, 0.717) is 22.3 Å². The van der Waals surface area contributed by atoms with Crippen molar-refractivity contribution in [1.29, 1.82) is 0 Å². The molecule has 3 heterocycles. The number of hydrogen-bond donors (Lipinski definition) is 1. The van der Waals surface area contributed by atoms with Crippen molar-refractivity contribution in [1.82, 2.24) is 14.8 Å². The fraction of sp³-hybridized carbons (Fsp3) is 0.360. The molecule has 0 spiro atoms. The Balaban J connectivity index is 1.35. The quantitative estimate of drug-likeness (QED) is 0.217. The maximum absolute atomic E-state index is 12.9. The molecule has 1 aromatic carbocycles. The smallest absolute Gasteiger partial charge is 0.341 e. The molecule has 0 atom stereocenters. The van der Waals surface area contributed by atoms with Crippen LogP contribution < -0.4 is 5.32 Å². The number of anilines is 1. The van der Waals surface area contributed by atoms with Crippen molar-refractivity contribution in [3.63, 3.8) is 0 Å². The van der Waals surface area contributed by atoms with E-state index in [4.69, 9.17) is 4.74 Å². The lowest BCUT2D eigenvalue weighted by Gasteiger charge is -2.13. The molecule has 10 heteroatoms. The first-order valence-electron chi connectivity index (χ1n) is 11.6. The Labute approximate surface area is 215 Å². The van der Waals surface area contributed by atoms with Crippen LogP contribution in [0.15, 0.2) is 34.8 Å². The van der Waals surface area contributed by atoms with Crippen LogP contribution in [0, 0.1) is 0 Å². The summed E-state index contributed by atoms with van der Waals surface area (Å²) < 4.78 is 8.55. The molecule has 0 saturated carbocycles. The molecule has 0 fully saturated rings. The number of fused-ring (bicyclic) bond motifs is 2. The highest BCUT2D eigenvalue weighted by Gasteiger charge is 2.28. The standard InChI is InChI=1S/C25H26N4O3S3/c1-4-32-24(31)21-16-9-7-11-19(16)35-23(21)26-20(30)13-34-25-28-27-22(29(25)14(2)3)17-12-33-18-10-6-5-8-15(17)18/h5-6,8,10,12,14H,4,7,9,11,13H2,1-3H3,(H,26,30). The van der Waals surface area contributed by atoms with Crippen LogP contribution in [0.25, 0.3) is 21.5 Å². The van der Waals surface area contributed by atoms with E-state index in [1.807, 2.05) is 12.1 Å². The topological polar surface area (TPSA) is 86.1 Å². The molecule has 35 heavy (non-hydrogen) atoms. The van der Waals surface area contributed by atoms with Crippen LogP contribution in [-0.2, 0) is 22.4 Å². The van der Waals surface area contributed by atoms with Crippen molar-refractivity contribution < 1.29 is 14.3 Å². The lowest BCUT2D eigenvalue weighted by molar-refractivity contribution is -0.113. The second-order valence-electron chi connectivity index (χ2n) is 8.53. The van der Waals surface area contributed by atoms with Gasteiger partial charge in [0.2, 0.25) is 5.91 Å². The zero-order chi connectivity index (χ0) is 24.5. The van der Waals surface area contributed by atoms with E-state index in [9.17, 15) is 9.59 Å². The lowest BCUT2D eigenvalue weighted by Crippen LogP contribution is -2.17. The van der Waals surface area contributed by atoms with Crippen LogP contribution in [-0.4, -0.2) is 39.0 Å². The van der Waals surface area contributed by atoms with Gasteiger partial charge >= 0.3 is 5.97 Å². The monoisotopic (exact) mass is 526 g/mol. The van der Waals surface area contributed by atoms with Crippen LogP contribution in [0.2, 0.25) is 0 Å². The number of ether oxygens (including phenoxy) is 1. The summed E-state index contributed by atoms with van der Waals surface area (Å²) in [5, 5.41) is 16.4. The van der Waals surface area contributed by atoms with Crippen LogP contribution in [0.5, 0.6) is 0 Å². The first kappa shape index (κ1) is 24.0. The molecule has 0 bridgehead atoms. The molecule has 0 unspecified atom stereocenters. The second-order valence-corrected chi connectivity index (χ2v) is 11.5. The molecule has 1 aliphatic carbocycles. The zero-order valence-electron chi connectivity index (χ0n) is 19.8. The maximum Gasteiger partial charge on any atom is 0.341 e. The molecular weight excluding hydrogens is 501 g/mol. The van der Waals surface area contributed by atoms with Gasteiger partial charge in [-0.2, -0.15) is 0 Å². The molecule has 1 aliphatic rings. The predicted octanol–water partition coefficient (Wildman–Crippen LogP) is 6.20. The summed E-state index contributed by atoms with van der Waals surface area (Å²) in [7, 11) is 0. The second kappa shape index (κ2) is 10.1. The van der Waals surface area contributed by atoms with Crippen molar-refractivity contribution in [3.8, 4) is 11.4 Å². The Hall–Kier alpha value is -2.69. The maximum atomic E-state index is 12.9. The number of carbonyl (C=O) groups is 2. The van der Waals surface area contributed by atoms with E-state index < -0.39 is 0 Å². The SMILES string of the molecule is CCOC(=O)c1c(NC(=O)CSc2nnc(-c3csc4ccccc34)n2C(C)C)sc2c1CCC2. The van der Waals surface area contributed by atoms with Gasteiger partial charge in [-0.25, -0.2) is 4.79 Å². The highest BCUT2D eigenvalue weighted by molar-refractivity contribution is 7.99. The number of hydrogen-bond acceptors (Lipinski definition) is 8. The Morgan fingerprint density at radius 2 is 2.06 bits per heavy atom. The molecule has 4 aromatic rings. The fourth-order valence-corrected chi connectivity index (χ4v) is 7.48. The van der Waals surface area contributed by atoms with Crippen LogP contribution in [0.4, 0.5) is 5.00 Å². The number of benzene rings is 1. The zero-order valence-corrected chi connectivity index (χ0v) is 22.2. The van der Waals surface area contributed by atoms with E-state index in [-0.39, 0.29) is 23.7 Å². The van der Waals surface area contributed by atoms with Crippen molar-refractivity contribution in [2.75, 3.05) is 17.7 Å². The minimum atomic E-state index is -0.359. The Morgan fingerprint density at radius 3 is 2.86 bits per heavy atom. The third-order valence-electron chi connectivity index (χ3n) is 5.89. The Morgan fingerprint density at radius 1 is 1.23 bits per heavy atom. The number of nitrogens with zero attached hydrogens (tertiary/aromatic N) is 3. The van der Waals surface area contributed by atoms with Gasteiger partial charge < -0.3 is 10.1 Å². The van der Waals surface area contributed by atoms with E-state index in [2.05, 4.69) is 51.4 Å².